The maximum absolute atomic E-state index is 12.3. The molecule has 0 radical (unpaired) electrons. The Kier molecular flexibility index (Phi) is 3.63. The summed E-state index contributed by atoms with van der Waals surface area (Å²) in [7, 11) is 0. The van der Waals surface area contributed by atoms with Crippen LogP contribution in [0.3, 0.4) is 0 Å². The lowest BCUT2D eigenvalue weighted by atomic mass is 10.2. The van der Waals surface area contributed by atoms with Crippen molar-refractivity contribution in [3.8, 4) is 5.75 Å². The van der Waals surface area contributed by atoms with Crippen LogP contribution in [0.5, 0.6) is 5.75 Å². The molecule has 2 aromatic rings. The first kappa shape index (κ1) is 12.7. The number of pyridine rings is 1. The van der Waals surface area contributed by atoms with Crippen LogP contribution in [-0.4, -0.2) is 23.5 Å². The van der Waals surface area contributed by atoms with E-state index in [9.17, 15) is 4.79 Å². The van der Waals surface area contributed by atoms with Gasteiger partial charge in [0.2, 0.25) is 0 Å². The minimum absolute atomic E-state index is 0.197. The van der Waals surface area contributed by atoms with Crippen molar-refractivity contribution in [1.82, 2.24) is 4.98 Å². The van der Waals surface area contributed by atoms with E-state index in [1.165, 1.54) is 0 Å². The van der Waals surface area contributed by atoms with E-state index in [1.54, 1.807) is 24.5 Å². The van der Waals surface area contributed by atoms with Gasteiger partial charge in [0, 0.05) is 12.7 Å². The van der Waals surface area contributed by atoms with Crippen LogP contribution in [0.15, 0.2) is 54.9 Å². The highest BCUT2D eigenvalue weighted by molar-refractivity contribution is 5.82. The van der Waals surface area contributed by atoms with Gasteiger partial charge in [-0.15, -0.1) is 0 Å². The molecule has 3 rings (SSSR count). The highest BCUT2D eigenvalue weighted by atomic mass is 16.5. The second-order valence-corrected chi connectivity index (χ2v) is 4.80. The maximum Gasteiger partial charge on any atom is 0.334 e. The standard InChI is InChI=1S/C16H16N2O2/c19-16(20-14-7-2-1-3-8-14)15-9-5-11-18(15)13-6-4-10-17-12-13/h1-4,6-8,10,12,15H,5,9,11H2. The number of carbonyl (C=O) groups excluding carboxylic acids is 1. The molecular formula is C16H16N2O2. The predicted octanol–water partition coefficient (Wildman–Crippen LogP) is 2.66. The zero-order chi connectivity index (χ0) is 13.8. The third kappa shape index (κ3) is 2.64. The van der Waals surface area contributed by atoms with Crippen LogP contribution in [-0.2, 0) is 4.79 Å². The maximum atomic E-state index is 12.3. The number of hydrogen-bond acceptors (Lipinski definition) is 4. The summed E-state index contributed by atoms with van der Waals surface area (Å²) in [6.45, 7) is 0.861. The number of esters is 1. The van der Waals surface area contributed by atoms with E-state index >= 15 is 0 Å². The minimum atomic E-state index is -0.223. The van der Waals surface area contributed by atoms with Gasteiger partial charge in [-0.1, -0.05) is 18.2 Å². The summed E-state index contributed by atoms with van der Waals surface area (Å²) in [5, 5.41) is 0. The molecule has 0 spiro atoms. The zero-order valence-electron chi connectivity index (χ0n) is 11.1. The van der Waals surface area contributed by atoms with E-state index in [0.29, 0.717) is 5.75 Å². The van der Waals surface area contributed by atoms with Gasteiger partial charge < -0.3 is 9.64 Å². The summed E-state index contributed by atoms with van der Waals surface area (Å²) in [5.74, 6) is 0.396. The molecule has 1 unspecified atom stereocenters. The van der Waals surface area contributed by atoms with Crippen molar-refractivity contribution >= 4 is 11.7 Å². The van der Waals surface area contributed by atoms with Crippen LogP contribution in [0.2, 0.25) is 0 Å². The van der Waals surface area contributed by atoms with Crippen molar-refractivity contribution < 1.29 is 9.53 Å². The van der Waals surface area contributed by atoms with Crippen molar-refractivity contribution in [3.05, 3.63) is 54.9 Å². The summed E-state index contributed by atoms with van der Waals surface area (Å²) < 4.78 is 5.45. The Morgan fingerprint density at radius 2 is 2.05 bits per heavy atom. The van der Waals surface area contributed by atoms with Crippen molar-refractivity contribution in [2.24, 2.45) is 0 Å². The molecular weight excluding hydrogens is 252 g/mol. The molecule has 1 atom stereocenters. The van der Waals surface area contributed by atoms with E-state index in [-0.39, 0.29) is 12.0 Å². The first-order valence-corrected chi connectivity index (χ1v) is 6.78. The van der Waals surface area contributed by atoms with Gasteiger partial charge in [-0.05, 0) is 37.1 Å². The van der Waals surface area contributed by atoms with E-state index < -0.39 is 0 Å². The zero-order valence-corrected chi connectivity index (χ0v) is 11.1. The molecule has 1 aromatic carbocycles. The SMILES string of the molecule is O=C(Oc1ccccc1)C1CCCN1c1cccnc1. The molecule has 1 saturated heterocycles. The molecule has 0 bridgehead atoms. The number of para-hydroxylation sites is 1. The minimum Gasteiger partial charge on any atom is -0.425 e. The third-order valence-corrected chi connectivity index (χ3v) is 3.46. The number of carbonyl (C=O) groups is 1. The molecule has 4 heteroatoms. The fourth-order valence-corrected chi connectivity index (χ4v) is 2.52. The lowest BCUT2D eigenvalue weighted by molar-refractivity contribution is -0.135. The molecule has 1 aliphatic rings. The van der Waals surface area contributed by atoms with Gasteiger partial charge in [-0.3, -0.25) is 4.98 Å². The van der Waals surface area contributed by atoms with Gasteiger partial charge >= 0.3 is 5.97 Å². The van der Waals surface area contributed by atoms with Crippen molar-refractivity contribution in [1.29, 1.82) is 0 Å². The number of nitrogens with zero attached hydrogens (tertiary/aromatic N) is 2. The van der Waals surface area contributed by atoms with Gasteiger partial charge in [-0.25, -0.2) is 4.79 Å². The average Bonchev–Trinajstić information content (AvgIpc) is 2.99. The van der Waals surface area contributed by atoms with Crippen LogP contribution in [0, 0.1) is 0 Å². The Bertz CT molecular complexity index is 572. The first-order valence-electron chi connectivity index (χ1n) is 6.78. The molecule has 4 nitrogen and oxygen atoms in total. The van der Waals surface area contributed by atoms with Gasteiger partial charge in [0.1, 0.15) is 11.8 Å². The fourth-order valence-electron chi connectivity index (χ4n) is 2.52. The lowest BCUT2D eigenvalue weighted by Gasteiger charge is -2.24. The molecule has 20 heavy (non-hydrogen) atoms. The quantitative estimate of drug-likeness (QED) is 0.634. The third-order valence-electron chi connectivity index (χ3n) is 3.46. The molecule has 0 amide bonds. The summed E-state index contributed by atoms with van der Waals surface area (Å²) in [6.07, 6.45) is 5.33. The van der Waals surface area contributed by atoms with E-state index in [4.69, 9.17) is 4.74 Å². The Balaban J connectivity index is 1.74. The number of aromatic nitrogens is 1. The largest absolute Gasteiger partial charge is 0.425 e. The molecule has 1 aromatic heterocycles. The first-order chi connectivity index (χ1) is 9.84. The molecule has 0 aliphatic carbocycles. The summed E-state index contributed by atoms with van der Waals surface area (Å²) in [5.41, 5.74) is 0.972. The Labute approximate surface area is 118 Å². The van der Waals surface area contributed by atoms with Crippen LogP contribution >= 0.6 is 0 Å². The molecule has 0 N–H and O–H groups in total. The number of anilines is 1. The number of hydrogen-bond donors (Lipinski definition) is 0. The Hall–Kier alpha value is -2.36. The van der Waals surface area contributed by atoms with Crippen LogP contribution < -0.4 is 9.64 Å². The van der Waals surface area contributed by atoms with Gasteiger partial charge in [0.25, 0.3) is 0 Å². The number of ether oxygens (including phenoxy) is 1. The van der Waals surface area contributed by atoms with Crippen molar-refractivity contribution in [2.45, 2.75) is 18.9 Å². The summed E-state index contributed by atoms with van der Waals surface area (Å²) in [6, 6.07) is 12.8. The second kappa shape index (κ2) is 5.74. The second-order valence-electron chi connectivity index (χ2n) is 4.80. The van der Waals surface area contributed by atoms with E-state index in [2.05, 4.69) is 9.88 Å². The number of rotatable bonds is 3. The van der Waals surface area contributed by atoms with Crippen molar-refractivity contribution in [2.75, 3.05) is 11.4 Å². The molecule has 0 saturated carbocycles. The smallest absolute Gasteiger partial charge is 0.334 e. The normalized spacial score (nSPS) is 18.0. The van der Waals surface area contributed by atoms with Gasteiger partial charge in [0.05, 0.1) is 11.9 Å². The summed E-state index contributed by atoms with van der Waals surface area (Å²) >= 11 is 0. The predicted molar refractivity (Wildman–Crippen MR) is 76.7 cm³/mol. The Morgan fingerprint density at radius 1 is 1.20 bits per heavy atom. The lowest BCUT2D eigenvalue weighted by Crippen LogP contribution is -2.38. The van der Waals surface area contributed by atoms with Crippen LogP contribution in [0.25, 0.3) is 0 Å². The average molecular weight is 268 g/mol. The fraction of sp³-hybridized carbons (Fsp3) is 0.250. The molecule has 1 aliphatic heterocycles. The van der Waals surface area contributed by atoms with Crippen LogP contribution in [0.1, 0.15) is 12.8 Å². The van der Waals surface area contributed by atoms with E-state index in [1.807, 2.05) is 30.3 Å². The number of benzene rings is 1. The van der Waals surface area contributed by atoms with E-state index in [0.717, 1.165) is 25.1 Å². The van der Waals surface area contributed by atoms with Gasteiger partial charge in [-0.2, -0.15) is 0 Å². The molecule has 102 valence electrons. The van der Waals surface area contributed by atoms with Gasteiger partial charge in [0.15, 0.2) is 0 Å². The topological polar surface area (TPSA) is 42.4 Å². The highest BCUT2D eigenvalue weighted by Crippen LogP contribution is 2.26. The summed E-state index contributed by atoms with van der Waals surface area (Å²) in [4.78, 5) is 18.5. The molecule has 2 heterocycles. The molecule has 1 fully saturated rings. The van der Waals surface area contributed by atoms with Crippen molar-refractivity contribution in [3.63, 3.8) is 0 Å². The monoisotopic (exact) mass is 268 g/mol. The van der Waals surface area contributed by atoms with Crippen LogP contribution in [0.4, 0.5) is 5.69 Å². The Morgan fingerprint density at radius 3 is 2.80 bits per heavy atom. The highest BCUT2D eigenvalue weighted by Gasteiger charge is 2.32.